The lowest BCUT2D eigenvalue weighted by molar-refractivity contribution is -0.385. The minimum absolute atomic E-state index is 0.0738. The molecule has 7 heteroatoms. The van der Waals surface area contributed by atoms with E-state index in [0.29, 0.717) is 12.3 Å². The van der Waals surface area contributed by atoms with Gasteiger partial charge in [0.2, 0.25) is 5.82 Å². The van der Waals surface area contributed by atoms with Gasteiger partial charge in [-0.05, 0) is 25.5 Å². The summed E-state index contributed by atoms with van der Waals surface area (Å²) in [6.07, 6.45) is 1.23. The van der Waals surface area contributed by atoms with E-state index in [2.05, 4.69) is 15.3 Å². The largest absolute Gasteiger partial charge is 0.433 e. The number of nitrogens with zero attached hydrogens (tertiary/aromatic N) is 3. The van der Waals surface area contributed by atoms with Crippen LogP contribution < -0.4 is 10.1 Å². The fourth-order valence-electron chi connectivity index (χ4n) is 1.67. The Balaban J connectivity index is 2.44. The van der Waals surface area contributed by atoms with Crippen molar-refractivity contribution in [1.29, 1.82) is 0 Å². The van der Waals surface area contributed by atoms with Crippen LogP contribution in [0.5, 0.6) is 11.6 Å². The molecule has 104 valence electrons. The normalized spacial score (nSPS) is 10.1. The van der Waals surface area contributed by atoms with Crippen LogP contribution in [-0.2, 0) is 0 Å². The van der Waals surface area contributed by atoms with E-state index in [9.17, 15) is 10.1 Å². The van der Waals surface area contributed by atoms with Crippen LogP contribution in [0.25, 0.3) is 0 Å². The maximum Gasteiger partial charge on any atom is 0.373 e. The van der Waals surface area contributed by atoms with Gasteiger partial charge in [-0.1, -0.05) is 18.2 Å². The number of aromatic nitrogens is 2. The summed E-state index contributed by atoms with van der Waals surface area (Å²) in [5, 5.41) is 14.0. The highest BCUT2D eigenvalue weighted by molar-refractivity contribution is 5.61. The Morgan fingerprint density at radius 2 is 2.10 bits per heavy atom. The van der Waals surface area contributed by atoms with Crippen molar-refractivity contribution in [3.63, 3.8) is 0 Å². The maximum atomic E-state index is 11.2. The minimum Gasteiger partial charge on any atom is -0.433 e. The first-order valence-corrected chi connectivity index (χ1v) is 6.10. The summed E-state index contributed by atoms with van der Waals surface area (Å²) < 4.78 is 5.56. The summed E-state index contributed by atoms with van der Waals surface area (Å²) in [4.78, 5) is 18.4. The summed E-state index contributed by atoms with van der Waals surface area (Å²) >= 11 is 0. The van der Waals surface area contributed by atoms with Crippen LogP contribution >= 0.6 is 0 Å². The zero-order valence-electron chi connectivity index (χ0n) is 11.2. The van der Waals surface area contributed by atoms with Crippen LogP contribution in [-0.4, -0.2) is 21.4 Å². The maximum absolute atomic E-state index is 11.2. The van der Waals surface area contributed by atoms with Crippen LogP contribution in [0, 0.1) is 17.0 Å². The number of benzene rings is 1. The number of ether oxygens (including phenoxy) is 1. The highest BCUT2D eigenvalue weighted by Crippen LogP contribution is 2.34. The lowest BCUT2D eigenvalue weighted by Gasteiger charge is -2.09. The SMILES string of the molecule is CCNc1ncnc(Oc2ccccc2C)c1[N+](=O)[O-]. The second-order valence-corrected chi connectivity index (χ2v) is 4.03. The standard InChI is InChI=1S/C13H14N4O3/c1-3-14-12-11(17(18)19)13(16-8-15-12)20-10-7-5-4-6-9(10)2/h4-8H,3H2,1-2H3,(H,14,15,16). The van der Waals surface area contributed by atoms with Crippen LogP contribution in [0.15, 0.2) is 30.6 Å². The molecule has 0 atom stereocenters. The van der Waals surface area contributed by atoms with Gasteiger partial charge in [0.15, 0.2) is 0 Å². The van der Waals surface area contributed by atoms with E-state index in [4.69, 9.17) is 4.74 Å². The average Bonchev–Trinajstić information content (AvgIpc) is 2.41. The number of rotatable bonds is 5. The summed E-state index contributed by atoms with van der Waals surface area (Å²) in [5.74, 6) is 0.600. The molecule has 0 aliphatic rings. The first-order chi connectivity index (χ1) is 9.63. The first kappa shape index (κ1) is 13.7. The zero-order valence-corrected chi connectivity index (χ0v) is 11.2. The Labute approximate surface area is 115 Å². The minimum atomic E-state index is -0.550. The Hall–Kier alpha value is -2.70. The molecule has 1 aromatic heterocycles. The van der Waals surface area contributed by atoms with Crippen LogP contribution in [0.4, 0.5) is 11.5 Å². The predicted molar refractivity (Wildman–Crippen MR) is 74.1 cm³/mol. The van der Waals surface area contributed by atoms with Gasteiger partial charge in [0.25, 0.3) is 0 Å². The molecule has 0 fully saturated rings. The summed E-state index contributed by atoms with van der Waals surface area (Å²) in [7, 11) is 0. The number of nitro groups is 1. The highest BCUT2D eigenvalue weighted by atomic mass is 16.6. The Kier molecular flexibility index (Phi) is 4.09. The molecule has 2 rings (SSSR count). The van der Waals surface area contributed by atoms with Crippen LogP contribution in [0.2, 0.25) is 0 Å². The lowest BCUT2D eigenvalue weighted by Crippen LogP contribution is -2.06. The molecule has 0 aliphatic heterocycles. The van der Waals surface area contributed by atoms with Gasteiger partial charge >= 0.3 is 11.6 Å². The quantitative estimate of drug-likeness (QED) is 0.666. The van der Waals surface area contributed by atoms with E-state index in [1.807, 2.05) is 26.0 Å². The molecule has 0 bridgehead atoms. The van der Waals surface area contributed by atoms with E-state index in [-0.39, 0.29) is 17.4 Å². The fraction of sp³-hybridized carbons (Fsp3) is 0.231. The number of nitrogens with one attached hydrogen (secondary N) is 1. The van der Waals surface area contributed by atoms with Gasteiger partial charge in [-0.15, -0.1) is 0 Å². The summed E-state index contributed by atoms with van der Waals surface area (Å²) in [5.41, 5.74) is 0.600. The van der Waals surface area contributed by atoms with Crippen molar-refractivity contribution in [1.82, 2.24) is 9.97 Å². The zero-order chi connectivity index (χ0) is 14.5. The molecule has 1 heterocycles. The van der Waals surface area contributed by atoms with E-state index in [0.717, 1.165) is 5.56 Å². The third-order valence-corrected chi connectivity index (χ3v) is 2.62. The van der Waals surface area contributed by atoms with Crippen molar-refractivity contribution in [3.05, 3.63) is 46.3 Å². The molecule has 0 aliphatic carbocycles. The molecular formula is C13H14N4O3. The van der Waals surface area contributed by atoms with Crippen LogP contribution in [0.3, 0.4) is 0 Å². The molecule has 7 nitrogen and oxygen atoms in total. The van der Waals surface area contributed by atoms with E-state index < -0.39 is 4.92 Å². The predicted octanol–water partition coefficient (Wildman–Crippen LogP) is 2.92. The molecule has 0 radical (unpaired) electrons. The Morgan fingerprint density at radius 1 is 1.35 bits per heavy atom. The lowest BCUT2D eigenvalue weighted by atomic mass is 10.2. The van der Waals surface area contributed by atoms with Gasteiger partial charge in [0.1, 0.15) is 12.1 Å². The van der Waals surface area contributed by atoms with Crippen molar-refractivity contribution < 1.29 is 9.66 Å². The van der Waals surface area contributed by atoms with Crippen molar-refractivity contribution >= 4 is 11.5 Å². The molecular weight excluding hydrogens is 260 g/mol. The average molecular weight is 274 g/mol. The van der Waals surface area contributed by atoms with Crippen molar-refractivity contribution in [2.45, 2.75) is 13.8 Å². The van der Waals surface area contributed by atoms with Crippen molar-refractivity contribution in [2.24, 2.45) is 0 Å². The first-order valence-electron chi connectivity index (χ1n) is 6.10. The molecule has 0 unspecified atom stereocenters. The third-order valence-electron chi connectivity index (χ3n) is 2.62. The van der Waals surface area contributed by atoms with Gasteiger partial charge in [0.05, 0.1) is 4.92 Å². The summed E-state index contributed by atoms with van der Waals surface area (Å²) in [6.45, 7) is 4.20. The van der Waals surface area contributed by atoms with E-state index >= 15 is 0 Å². The van der Waals surface area contributed by atoms with Crippen LogP contribution in [0.1, 0.15) is 12.5 Å². The van der Waals surface area contributed by atoms with Crippen molar-refractivity contribution in [3.8, 4) is 11.6 Å². The smallest absolute Gasteiger partial charge is 0.373 e. The molecule has 0 spiro atoms. The fourth-order valence-corrected chi connectivity index (χ4v) is 1.67. The number of hydrogen-bond donors (Lipinski definition) is 1. The van der Waals surface area contributed by atoms with Gasteiger partial charge < -0.3 is 10.1 Å². The highest BCUT2D eigenvalue weighted by Gasteiger charge is 2.24. The molecule has 1 aromatic carbocycles. The molecule has 1 N–H and O–H groups in total. The second-order valence-electron chi connectivity index (χ2n) is 4.03. The van der Waals surface area contributed by atoms with Gasteiger partial charge in [-0.25, -0.2) is 4.98 Å². The number of aryl methyl sites for hydroxylation is 1. The summed E-state index contributed by atoms with van der Waals surface area (Å²) in [6, 6.07) is 7.24. The van der Waals surface area contributed by atoms with Gasteiger partial charge in [0, 0.05) is 6.54 Å². The molecule has 20 heavy (non-hydrogen) atoms. The van der Waals surface area contributed by atoms with Crippen molar-refractivity contribution in [2.75, 3.05) is 11.9 Å². The molecule has 0 amide bonds. The molecule has 0 saturated heterocycles. The third kappa shape index (κ3) is 2.82. The topological polar surface area (TPSA) is 90.2 Å². The van der Waals surface area contributed by atoms with E-state index in [1.54, 1.807) is 12.1 Å². The second kappa shape index (κ2) is 5.96. The monoisotopic (exact) mass is 274 g/mol. The molecule has 2 aromatic rings. The Bertz CT molecular complexity index is 631. The number of para-hydroxylation sites is 1. The van der Waals surface area contributed by atoms with Gasteiger partial charge in [-0.2, -0.15) is 4.98 Å². The Morgan fingerprint density at radius 3 is 2.75 bits per heavy atom. The van der Waals surface area contributed by atoms with E-state index in [1.165, 1.54) is 6.33 Å². The molecule has 0 saturated carbocycles. The number of hydrogen-bond acceptors (Lipinski definition) is 6. The van der Waals surface area contributed by atoms with Gasteiger partial charge in [-0.3, -0.25) is 10.1 Å². The number of anilines is 1.